The highest BCUT2D eigenvalue weighted by Gasteiger charge is 2.27. The minimum absolute atomic E-state index is 0.270. The number of rotatable bonds is 6. The van der Waals surface area contributed by atoms with Gasteiger partial charge in [-0.3, -0.25) is 14.4 Å². The molecule has 0 radical (unpaired) electrons. The van der Waals surface area contributed by atoms with Crippen LogP contribution in [0.3, 0.4) is 0 Å². The number of hydrogen-bond acceptors (Lipinski definition) is 3. The summed E-state index contributed by atoms with van der Waals surface area (Å²) in [7, 11) is 0. The predicted octanol–water partition coefficient (Wildman–Crippen LogP) is 3.06. The molecule has 1 aliphatic rings. The Bertz CT molecular complexity index is 484. The number of likely N-dealkylation sites (tertiary alicyclic amines) is 1. The number of Topliss-reactive ketones (excluding diaryl/α,β-unsaturated/α-hetero) is 1. The molecule has 20 heavy (non-hydrogen) atoms. The van der Waals surface area contributed by atoms with Gasteiger partial charge in [0.25, 0.3) is 0 Å². The van der Waals surface area contributed by atoms with E-state index in [0.29, 0.717) is 12.5 Å². The van der Waals surface area contributed by atoms with Crippen molar-refractivity contribution in [3.8, 4) is 0 Å². The molecule has 1 fully saturated rings. The third-order valence-electron chi connectivity index (χ3n) is 4.07. The summed E-state index contributed by atoms with van der Waals surface area (Å²) in [6.45, 7) is 8.52. The molecule has 0 aromatic carbocycles. The summed E-state index contributed by atoms with van der Waals surface area (Å²) in [5, 5.41) is 5.37. The quantitative estimate of drug-likeness (QED) is 0.810. The minimum atomic E-state index is 0.270. The molecular formula is C15H24ClN3O. The summed E-state index contributed by atoms with van der Waals surface area (Å²) in [6.07, 6.45) is 3.78. The van der Waals surface area contributed by atoms with Crippen LogP contribution in [0.4, 0.5) is 0 Å². The highest BCUT2D eigenvalue weighted by atomic mass is 35.5. The summed E-state index contributed by atoms with van der Waals surface area (Å²) in [6, 6.07) is 0.369. The largest absolute Gasteiger partial charge is 0.300 e. The Morgan fingerprint density at radius 1 is 1.45 bits per heavy atom. The maximum absolute atomic E-state index is 11.4. The monoisotopic (exact) mass is 297 g/mol. The number of ketones is 1. The molecule has 1 saturated heterocycles. The molecule has 0 N–H and O–H groups in total. The van der Waals surface area contributed by atoms with Gasteiger partial charge in [0.2, 0.25) is 0 Å². The third-order valence-corrected chi connectivity index (χ3v) is 4.51. The average Bonchev–Trinajstić information content (AvgIpc) is 2.96. The SMILES string of the molecule is CCc1nn(CC)c(CN2CCCC2CC(C)=O)c1Cl. The van der Waals surface area contributed by atoms with Gasteiger partial charge in [-0.25, -0.2) is 0 Å². The molecule has 0 amide bonds. The molecule has 0 spiro atoms. The molecule has 2 heterocycles. The summed E-state index contributed by atoms with van der Waals surface area (Å²) in [5.74, 6) is 0.270. The zero-order valence-corrected chi connectivity index (χ0v) is 13.4. The van der Waals surface area contributed by atoms with Gasteiger partial charge in [-0.1, -0.05) is 18.5 Å². The van der Waals surface area contributed by atoms with Crippen LogP contribution in [0.1, 0.15) is 51.4 Å². The number of halogens is 1. The van der Waals surface area contributed by atoms with Gasteiger partial charge in [-0.15, -0.1) is 0 Å². The van der Waals surface area contributed by atoms with Crippen LogP contribution in [0.15, 0.2) is 0 Å². The predicted molar refractivity (Wildman–Crippen MR) is 81.0 cm³/mol. The minimum Gasteiger partial charge on any atom is -0.300 e. The highest BCUT2D eigenvalue weighted by Crippen LogP contribution is 2.27. The summed E-state index contributed by atoms with van der Waals surface area (Å²) < 4.78 is 2.00. The van der Waals surface area contributed by atoms with Crippen molar-refractivity contribution < 1.29 is 4.79 Å². The van der Waals surface area contributed by atoms with Crippen LogP contribution < -0.4 is 0 Å². The standard InChI is InChI=1S/C15H24ClN3O/c1-4-13-15(16)14(19(5-2)17-13)10-18-8-6-7-12(18)9-11(3)20/h12H,4-10H2,1-3H3. The van der Waals surface area contributed by atoms with E-state index in [-0.39, 0.29) is 5.78 Å². The van der Waals surface area contributed by atoms with Gasteiger partial charge in [0.1, 0.15) is 5.78 Å². The maximum Gasteiger partial charge on any atom is 0.131 e. The summed E-state index contributed by atoms with van der Waals surface area (Å²) in [5.41, 5.74) is 2.08. The van der Waals surface area contributed by atoms with Gasteiger partial charge < -0.3 is 0 Å². The van der Waals surface area contributed by atoms with Gasteiger partial charge in [0.15, 0.2) is 0 Å². The Morgan fingerprint density at radius 3 is 2.80 bits per heavy atom. The molecule has 0 saturated carbocycles. The van der Waals surface area contributed by atoms with Gasteiger partial charge in [0, 0.05) is 25.6 Å². The van der Waals surface area contributed by atoms with Crippen LogP contribution in [-0.4, -0.2) is 33.1 Å². The number of nitrogens with zero attached hydrogens (tertiary/aromatic N) is 3. The van der Waals surface area contributed by atoms with Crippen molar-refractivity contribution in [2.75, 3.05) is 6.54 Å². The molecule has 1 aromatic rings. The molecule has 0 bridgehead atoms. The molecule has 112 valence electrons. The lowest BCUT2D eigenvalue weighted by atomic mass is 10.1. The normalized spacial score (nSPS) is 19.7. The van der Waals surface area contributed by atoms with E-state index in [1.54, 1.807) is 6.92 Å². The van der Waals surface area contributed by atoms with Crippen molar-refractivity contribution in [1.29, 1.82) is 0 Å². The molecule has 0 aliphatic carbocycles. The van der Waals surface area contributed by atoms with Gasteiger partial charge in [-0.05, 0) is 39.7 Å². The lowest BCUT2D eigenvalue weighted by molar-refractivity contribution is -0.118. The van der Waals surface area contributed by atoms with Crippen LogP contribution in [0, 0.1) is 0 Å². The van der Waals surface area contributed by atoms with Crippen LogP contribution >= 0.6 is 11.6 Å². The van der Waals surface area contributed by atoms with Crippen molar-refractivity contribution in [3.63, 3.8) is 0 Å². The Hall–Kier alpha value is -0.870. The van der Waals surface area contributed by atoms with E-state index in [1.807, 2.05) is 4.68 Å². The third kappa shape index (κ3) is 3.23. The molecule has 2 rings (SSSR count). The Morgan fingerprint density at radius 2 is 2.20 bits per heavy atom. The number of carbonyl (C=O) groups is 1. The van der Waals surface area contributed by atoms with Gasteiger partial charge in [-0.2, -0.15) is 5.10 Å². The molecule has 1 atom stereocenters. The molecule has 1 aromatic heterocycles. The number of carbonyl (C=O) groups excluding carboxylic acids is 1. The van der Waals surface area contributed by atoms with Crippen molar-refractivity contribution in [2.24, 2.45) is 0 Å². The number of aryl methyl sites for hydroxylation is 2. The van der Waals surface area contributed by atoms with Crippen molar-refractivity contribution >= 4 is 17.4 Å². The maximum atomic E-state index is 11.4. The number of hydrogen-bond donors (Lipinski definition) is 0. The smallest absolute Gasteiger partial charge is 0.131 e. The molecule has 4 nitrogen and oxygen atoms in total. The molecule has 5 heteroatoms. The summed E-state index contributed by atoms with van der Waals surface area (Å²) >= 11 is 6.46. The van der Waals surface area contributed by atoms with E-state index in [2.05, 4.69) is 23.8 Å². The van der Waals surface area contributed by atoms with Crippen LogP contribution in [-0.2, 0) is 24.3 Å². The van der Waals surface area contributed by atoms with Crippen molar-refractivity contribution in [3.05, 3.63) is 16.4 Å². The first-order valence-electron chi connectivity index (χ1n) is 7.54. The fraction of sp³-hybridized carbons (Fsp3) is 0.733. The fourth-order valence-electron chi connectivity index (χ4n) is 3.03. The van der Waals surface area contributed by atoms with E-state index in [4.69, 9.17) is 11.6 Å². The van der Waals surface area contributed by atoms with Crippen LogP contribution in [0.25, 0.3) is 0 Å². The zero-order valence-electron chi connectivity index (χ0n) is 12.7. The topological polar surface area (TPSA) is 38.1 Å². The van der Waals surface area contributed by atoms with E-state index in [0.717, 1.165) is 55.3 Å². The highest BCUT2D eigenvalue weighted by molar-refractivity contribution is 6.31. The average molecular weight is 298 g/mol. The second kappa shape index (κ2) is 6.72. The summed E-state index contributed by atoms with van der Waals surface area (Å²) in [4.78, 5) is 13.8. The Balaban J connectivity index is 2.16. The van der Waals surface area contributed by atoms with Crippen LogP contribution in [0.5, 0.6) is 0 Å². The first-order chi connectivity index (χ1) is 9.56. The van der Waals surface area contributed by atoms with Crippen LogP contribution in [0.2, 0.25) is 5.02 Å². The molecule has 1 aliphatic heterocycles. The lowest BCUT2D eigenvalue weighted by Crippen LogP contribution is -2.31. The second-order valence-electron chi connectivity index (χ2n) is 5.55. The van der Waals surface area contributed by atoms with E-state index in [1.165, 1.54) is 0 Å². The van der Waals surface area contributed by atoms with E-state index >= 15 is 0 Å². The first kappa shape index (κ1) is 15.5. The molecule has 1 unspecified atom stereocenters. The van der Waals surface area contributed by atoms with Crippen molar-refractivity contribution in [2.45, 2.75) is 65.6 Å². The Kier molecular flexibility index (Phi) is 5.22. The number of aromatic nitrogens is 2. The zero-order chi connectivity index (χ0) is 14.7. The first-order valence-corrected chi connectivity index (χ1v) is 7.92. The van der Waals surface area contributed by atoms with E-state index in [9.17, 15) is 4.79 Å². The lowest BCUT2D eigenvalue weighted by Gasteiger charge is -2.24. The van der Waals surface area contributed by atoms with Gasteiger partial charge >= 0.3 is 0 Å². The van der Waals surface area contributed by atoms with Gasteiger partial charge in [0.05, 0.1) is 16.4 Å². The van der Waals surface area contributed by atoms with E-state index < -0.39 is 0 Å². The molecular weight excluding hydrogens is 274 g/mol. The second-order valence-corrected chi connectivity index (χ2v) is 5.93. The fourth-order valence-corrected chi connectivity index (χ4v) is 3.36. The van der Waals surface area contributed by atoms with Crippen molar-refractivity contribution in [1.82, 2.24) is 14.7 Å². The Labute approximate surface area is 126 Å².